The van der Waals surface area contributed by atoms with Crippen LogP contribution in [0.3, 0.4) is 0 Å². The monoisotopic (exact) mass is 614 g/mol. The van der Waals surface area contributed by atoms with Crippen molar-refractivity contribution < 1.29 is 44.2 Å². The summed E-state index contributed by atoms with van der Waals surface area (Å²) in [5.74, 6) is 3.25. The molecule has 1 heterocycles. The average Bonchev–Trinajstić information content (AvgIpc) is 3.34. The molecular formula is C35H50O9. The van der Waals surface area contributed by atoms with Crippen LogP contribution in [0.2, 0.25) is 0 Å². The first-order valence-corrected chi connectivity index (χ1v) is 16.3. The predicted octanol–water partition coefficient (Wildman–Crippen LogP) is 3.75. The minimum Gasteiger partial charge on any atom is -0.497 e. The Hall–Kier alpha value is -2.01. The van der Waals surface area contributed by atoms with Crippen molar-refractivity contribution in [2.45, 2.75) is 108 Å². The van der Waals surface area contributed by atoms with Crippen molar-refractivity contribution in [1.82, 2.24) is 0 Å². The van der Waals surface area contributed by atoms with Gasteiger partial charge in [0.25, 0.3) is 0 Å². The molecule has 13 atom stereocenters. The molecule has 9 nitrogen and oxygen atoms in total. The molecule has 9 heteroatoms. The number of ether oxygens (including phenoxy) is 4. The molecule has 44 heavy (non-hydrogen) atoms. The second-order valence-corrected chi connectivity index (χ2v) is 14.5. The van der Waals surface area contributed by atoms with E-state index in [1.54, 1.807) is 21.1 Å². The van der Waals surface area contributed by atoms with E-state index in [4.69, 9.17) is 18.9 Å². The SMILES string of the molecule is COc1ccc(OC)c(C2C[C@H]3[C@@H]4CC=C5C[C@@H](O[C@@H]6O[C@H](CO)[C@@H](O)[C@H](O)[C@H]6O)CC[C@]5(C)[C@H]4CC[C@]3(C)[C@H]2C(C)=O)c1. The second-order valence-electron chi connectivity index (χ2n) is 14.5. The van der Waals surface area contributed by atoms with E-state index in [9.17, 15) is 25.2 Å². The summed E-state index contributed by atoms with van der Waals surface area (Å²) >= 11 is 0. The maximum absolute atomic E-state index is 13.4. The van der Waals surface area contributed by atoms with Gasteiger partial charge in [0.2, 0.25) is 0 Å². The molecule has 3 saturated carbocycles. The number of allylic oxidation sites excluding steroid dienone is 1. The lowest BCUT2D eigenvalue weighted by Gasteiger charge is -2.58. The molecule has 1 unspecified atom stereocenters. The van der Waals surface area contributed by atoms with E-state index >= 15 is 0 Å². The average molecular weight is 615 g/mol. The highest BCUT2D eigenvalue weighted by Crippen LogP contribution is 2.69. The fourth-order valence-corrected chi connectivity index (χ4v) is 10.3. The summed E-state index contributed by atoms with van der Waals surface area (Å²) in [7, 11) is 3.37. The zero-order valence-corrected chi connectivity index (χ0v) is 26.6. The number of aliphatic hydroxyl groups excluding tert-OH is 4. The molecule has 6 rings (SSSR count). The van der Waals surface area contributed by atoms with Crippen LogP contribution in [0.4, 0.5) is 0 Å². The summed E-state index contributed by atoms with van der Waals surface area (Å²) in [4.78, 5) is 13.4. The van der Waals surface area contributed by atoms with Crippen molar-refractivity contribution in [1.29, 1.82) is 0 Å². The normalized spacial score (nSPS) is 45.0. The molecule has 0 aromatic heterocycles. The van der Waals surface area contributed by atoms with Gasteiger partial charge >= 0.3 is 0 Å². The van der Waals surface area contributed by atoms with Gasteiger partial charge < -0.3 is 39.4 Å². The van der Waals surface area contributed by atoms with Crippen molar-refractivity contribution in [3.63, 3.8) is 0 Å². The van der Waals surface area contributed by atoms with Crippen molar-refractivity contribution in [2.75, 3.05) is 20.8 Å². The van der Waals surface area contributed by atoms with Crippen LogP contribution in [0.1, 0.15) is 77.2 Å². The Balaban J connectivity index is 1.24. The standard InChI is InChI=1S/C35H50O9/c1-18(37)29-24(23-15-20(41-4)7-9-27(23)42-5)16-26-22-8-6-19-14-21(10-12-34(19,2)25(22)11-13-35(26,29)3)43-33-32(40)31(39)30(38)28(17-36)44-33/h6-7,9,15,21-22,24-26,28-33,36,38-40H,8,10-14,16-17H2,1-5H3/t21-,22+,24?,25-,26-,28+,29-,30+,31-,32+,33+,34-,35-/m0/s1. The first-order chi connectivity index (χ1) is 21.0. The minimum atomic E-state index is -1.45. The first kappa shape index (κ1) is 32.0. The van der Waals surface area contributed by atoms with Crippen LogP contribution in [0, 0.1) is 34.5 Å². The Labute approximate surface area is 260 Å². The van der Waals surface area contributed by atoms with Crippen LogP contribution in [-0.4, -0.2) is 83.8 Å². The predicted molar refractivity (Wildman–Crippen MR) is 162 cm³/mol. The van der Waals surface area contributed by atoms with Gasteiger partial charge in [-0.3, -0.25) is 4.79 Å². The van der Waals surface area contributed by atoms with Gasteiger partial charge in [0.1, 0.15) is 41.7 Å². The fourth-order valence-electron chi connectivity index (χ4n) is 10.3. The highest BCUT2D eigenvalue weighted by molar-refractivity contribution is 5.81. The molecule has 0 bridgehead atoms. The highest BCUT2D eigenvalue weighted by Gasteiger charge is 2.62. The summed E-state index contributed by atoms with van der Waals surface area (Å²) in [6, 6.07) is 5.94. The molecule has 1 aliphatic heterocycles. The lowest BCUT2D eigenvalue weighted by molar-refractivity contribution is -0.313. The van der Waals surface area contributed by atoms with Gasteiger partial charge in [-0.2, -0.15) is 0 Å². The topological polar surface area (TPSA) is 135 Å². The van der Waals surface area contributed by atoms with E-state index in [0.717, 1.165) is 62.0 Å². The van der Waals surface area contributed by atoms with E-state index < -0.39 is 37.3 Å². The number of carbonyl (C=O) groups excluding carboxylic acids is 1. The molecule has 5 aliphatic rings. The molecule has 0 spiro atoms. The van der Waals surface area contributed by atoms with Gasteiger partial charge in [-0.25, -0.2) is 0 Å². The zero-order valence-electron chi connectivity index (χ0n) is 26.6. The highest BCUT2D eigenvalue weighted by atomic mass is 16.7. The number of carbonyl (C=O) groups is 1. The number of Topliss-reactive ketones (excluding diaryl/α,β-unsaturated/α-hetero) is 1. The number of benzene rings is 1. The Morgan fingerprint density at radius 2 is 1.80 bits per heavy atom. The Kier molecular flexibility index (Phi) is 8.70. The van der Waals surface area contributed by atoms with Crippen LogP contribution in [0.5, 0.6) is 11.5 Å². The van der Waals surface area contributed by atoms with Crippen molar-refractivity contribution in [2.24, 2.45) is 34.5 Å². The van der Waals surface area contributed by atoms with Crippen LogP contribution >= 0.6 is 0 Å². The van der Waals surface area contributed by atoms with Gasteiger partial charge in [-0.1, -0.05) is 25.5 Å². The van der Waals surface area contributed by atoms with E-state index in [2.05, 4.69) is 26.0 Å². The van der Waals surface area contributed by atoms with Crippen molar-refractivity contribution in [3.05, 3.63) is 35.4 Å². The number of rotatable bonds is 7. The molecule has 4 N–H and O–H groups in total. The quantitative estimate of drug-likeness (QED) is 0.339. The Bertz CT molecular complexity index is 1260. The first-order valence-electron chi connectivity index (χ1n) is 16.3. The van der Waals surface area contributed by atoms with Crippen LogP contribution < -0.4 is 9.47 Å². The lowest BCUT2D eigenvalue weighted by atomic mass is 9.47. The van der Waals surface area contributed by atoms with E-state index in [-0.39, 0.29) is 34.6 Å². The summed E-state index contributed by atoms with van der Waals surface area (Å²) in [5, 5.41) is 40.5. The third-order valence-electron chi connectivity index (χ3n) is 12.6. The van der Waals surface area contributed by atoms with Gasteiger partial charge in [-0.05, 0) is 105 Å². The number of hydrogen-bond donors (Lipinski definition) is 4. The maximum Gasteiger partial charge on any atom is 0.186 e. The molecule has 1 saturated heterocycles. The lowest BCUT2D eigenvalue weighted by Crippen LogP contribution is -2.60. The van der Waals surface area contributed by atoms with Crippen LogP contribution in [0.25, 0.3) is 0 Å². The summed E-state index contributed by atoms with van der Waals surface area (Å²) < 4.78 is 23.2. The van der Waals surface area contributed by atoms with Crippen molar-refractivity contribution in [3.8, 4) is 11.5 Å². The number of hydrogen-bond acceptors (Lipinski definition) is 9. The van der Waals surface area contributed by atoms with Gasteiger partial charge in [0.05, 0.1) is 26.9 Å². The summed E-state index contributed by atoms with van der Waals surface area (Å²) in [6.45, 7) is 6.06. The molecule has 1 aromatic rings. The van der Waals surface area contributed by atoms with Crippen molar-refractivity contribution >= 4 is 5.78 Å². The summed E-state index contributed by atoms with van der Waals surface area (Å²) in [5.41, 5.74) is 2.40. The zero-order chi connectivity index (χ0) is 31.6. The Morgan fingerprint density at radius 3 is 2.48 bits per heavy atom. The number of aliphatic hydroxyl groups is 4. The van der Waals surface area contributed by atoms with E-state index in [1.165, 1.54) is 5.57 Å². The van der Waals surface area contributed by atoms with E-state index in [1.807, 2.05) is 12.1 Å². The molecule has 4 fully saturated rings. The second kappa shape index (κ2) is 12.0. The molecule has 244 valence electrons. The number of ketones is 1. The Morgan fingerprint density at radius 1 is 1.02 bits per heavy atom. The number of methoxy groups -OCH3 is 2. The smallest absolute Gasteiger partial charge is 0.186 e. The molecular weight excluding hydrogens is 564 g/mol. The van der Waals surface area contributed by atoms with E-state index in [0.29, 0.717) is 17.8 Å². The fraction of sp³-hybridized carbons (Fsp3) is 0.743. The molecule has 0 amide bonds. The maximum atomic E-state index is 13.4. The van der Waals surface area contributed by atoms with Crippen LogP contribution in [-0.2, 0) is 14.3 Å². The molecule has 4 aliphatic carbocycles. The van der Waals surface area contributed by atoms with Crippen LogP contribution in [0.15, 0.2) is 29.8 Å². The van der Waals surface area contributed by atoms with Gasteiger partial charge in [0.15, 0.2) is 6.29 Å². The number of fused-ring (bicyclic) bond motifs is 5. The summed E-state index contributed by atoms with van der Waals surface area (Å²) in [6.07, 6.45) is 2.34. The van der Waals surface area contributed by atoms with Gasteiger partial charge in [0, 0.05) is 11.5 Å². The molecule has 0 radical (unpaired) electrons. The third kappa shape index (κ3) is 5.03. The minimum absolute atomic E-state index is 0.0248. The van der Waals surface area contributed by atoms with Gasteiger partial charge in [-0.15, -0.1) is 0 Å². The largest absolute Gasteiger partial charge is 0.497 e. The molecule has 1 aromatic carbocycles. The third-order valence-corrected chi connectivity index (χ3v) is 12.6.